The Labute approximate surface area is 188 Å². The Morgan fingerprint density at radius 1 is 1.09 bits per heavy atom. The van der Waals surface area contributed by atoms with Crippen LogP contribution in [-0.4, -0.2) is 35.7 Å². The van der Waals surface area contributed by atoms with E-state index in [2.05, 4.69) is 10.4 Å². The zero-order valence-electron chi connectivity index (χ0n) is 18.6. The molecule has 1 aliphatic heterocycles. The monoisotopic (exact) mass is 435 g/mol. The molecule has 1 saturated carbocycles. The minimum atomic E-state index is -0.117. The van der Waals surface area contributed by atoms with Crippen LogP contribution in [0.2, 0.25) is 0 Å². The quantitative estimate of drug-likeness (QED) is 0.694. The molecule has 0 bridgehead atoms. The normalized spacial score (nSPS) is 16.6. The zero-order valence-corrected chi connectivity index (χ0v) is 18.6. The Bertz CT molecular complexity index is 1010. The Kier molecular flexibility index (Phi) is 6.73. The van der Waals surface area contributed by atoms with Crippen molar-refractivity contribution in [3.05, 3.63) is 53.6 Å². The second-order valence-electron chi connectivity index (χ2n) is 8.27. The topological polar surface area (TPSA) is 80.2 Å². The molecule has 0 saturated heterocycles. The van der Waals surface area contributed by atoms with Crippen LogP contribution in [0.3, 0.4) is 0 Å². The minimum absolute atomic E-state index is 0.00405. The van der Waals surface area contributed by atoms with Crippen LogP contribution in [-0.2, 0) is 16.1 Å². The number of hydrogen-bond acceptors (Lipinski definition) is 5. The molecule has 1 heterocycles. The lowest BCUT2D eigenvalue weighted by atomic mass is 10.0. The van der Waals surface area contributed by atoms with Crippen LogP contribution >= 0.6 is 0 Å². The average Bonchev–Trinajstić information content (AvgIpc) is 3.29. The summed E-state index contributed by atoms with van der Waals surface area (Å²) in [7, 11) is 1.65. The fourth-order valence-corrected chi connectivity index (χ4v) is 4.14. The minimum Gasteiger partial charge on any atom is -0.493 e. The average molecular weight is 436 g/mol. The van der Waals surface area contributed by atoms with Crippen LogP contribution < -0.4 is 14.8 Å². The summed E-state index contributed by atoms with van der Waals surface area (Å²) >= 11 is 0. The van der Waals surface area contributed by atoms with Crippen molar-refractivity contribution in [2.24, 2.45) is 5.10 Å². The van der Waals surface area contributed by atoms with Gasteiger partial charge in [0, 0.05) is 31.0 Å². The highest BCUT2D eigenvalue weighted by Gasteiger charge is 2.23. The molecule has 2 aliphatic rings. The van der Waals surface area contributed by atoms with Gasteiger partial charge in [0.2, 0.25) is 11.8 Å². The molecule has 0 spiro atoms. The summed E-state index contributed by atoms with van der Waals surface area (Å²) in [5.41, 5.74) is 3.47. The van der Waals surface area contributed by atoms with Crippen molar-refractivity contribution in [1.82, 2.24) is 5.01 Å². The molecule has 7 heteroatoms. The van der Waals surface area contributed by atoms with Crippen molar-refractivity contribution in [3.63, 3.8) is 0 Å². The van der Waals surface area contributed by atoms with E-state index in [1.165, 1.54) is 24.8 Å². The lowest BCUT2D eigenvalue weighted by Gasteiger charge is -2.24. The fourth-order valence-electron chi connectivity index (χ4n) is 4.14. The maximum atomic E-state index is 12.5. The van der Waals surface area contributed by atoms with Crippen LogP contribution in [0.5, 0.6) is 11.5 Å². The Hall–Kier alpha value is -3.35. The molecule has 7 nitrogen and oxygen atoms in total. The van der Waals surface area contributed by atoms with Gasteiger partial charge in [-0.25, -0.2) is 5.01 Å². The van der Waals surface area contributed by atoms with E-state index in [-0.39, 0.29) is 17.9 Å². The van der Waals surface area contributed by atoms with Crippen LogP contribution in [0.1, 0.15) is 56.6 Å². The molecule has 0 unspecified atom stereocenters. The molecular formula is C25H29N3O4. The molecule has 1 aliphatic carbocycles. The molecule has 2 aromatic rings. The number of hydrazone groups is 1. The standard InChI is InChI=1S/C25H29N3O4/c1-17(29)26-20-10-7-18(8-11-20)16-28-25(30)14-12-22(27-28)19-9-13-23(31-2)24(15-19)32-21-5-3-4-6-21/h7-11,13,15,21H,3-6,12,14,16H2,1-2H3,(H,26,29). The van der Waals surface area contributed by atoms with E-state index in [9.17, 15) is 9.59 Å². The number of nitrogens with one attached hydrogen (secondary N) is 1. The molecule has 32 heavy (non-hydrogen) atoms. The van der Waals surface area contributed by atoms with Gasteiger partial charge in [-0.05, 0) is 61.6 Å². The molecule has 4 rings (SSSR count). The van der Waals surface area contributed by atoms with Crippen molar-refractivity contribution in [2.45, 2.75) is 58.1 Å². The SMILES string of the molecule is COc1ccc(C2=NN(Cc3ccc(NC(C)=O)cc3)C(=O)CC2)cc1OC1CCCC1. The number of carbonyl (C=O) groups is 2. The lowest BCUT2D eigenvalue weighted by molar-refractivity contribution is -0.132. The van der Waals surface area contributed by atoms with Gasteiger partial charge in [0.1, 0.15) is 0 Å². The summed E-state index contributed by atoms with van der Waals surface area (Å²) < 4.78 is 11.7. The molecule has 1 fully saturated rings. The first-order valence-corrected chi connectivity index (χ1v) is 11.1. The first-order valence-electron chi connectivity index (χ1n) is 11.1. The first-order chi connectivity index (χ1) is 15.5. The molecule has 2 amide bonds. The van der Waals surface area contributed by atoms with Gasteiger partial charge in [0.25, 0.3) is 0 Å². The summed E-state index contributed by atoms with van der Waals surface area (Å²) in [4.78, 5) is 23.7. The Morgan fingerprint density at radius 2 is 1.84 bits per heavy atom. The van der Waals surface area contributed by atoms with Gasteiger partial charge in [-0.2, -0.15) is 5.10 Å². The number of nitrogens with zero attached hydrogens (tertiary/aromatic N) is 2. The van der Waals surface area contributed by atoms with Gasteiger partial charge in [-0.3, -0.25) is 9.59 Å². The lowest BCUT2D eigenvalue weighted by Crippen LogP contribution is -2.31. The van der Waals surface area contributed by atoms with Gasteiger partial charge >= 0.3 is 0 Å². The largest absolute Gasteiger partial charge is 0.493 e. The number of rotatable bonds is 7. The van der Waals surface area contributed by atoms with E-state index in [1.807, 2.05) is 42.5 Å². The number of carbonyl (C=O) groups excluding carboxylic acids is 2. The van der Waals surface area contributed by atoms with Crippen LogP contribution in [0.25, 0.3) is 0 Å². The van der Waals surface area contributed by atoms with E-state index >= 15 is 0 Å². The van der Waals surface area contributed by atoms with Crippen molar-refractivity contribution >= 4 is 23.2 Å². The van der Waals surface area contributed by atoms with Gasteiger partial charge in [-0.1, -0.05) is 12.1 Å². The predicted octanol–water partition coefficient (Wildman–Crippen LogP) is 4.50. The van der Waals surface area contributed by atoms with Gasteiger partial charge in [0.05, 0.1) is 25.5 Å². The molecule has 0 aromatic heterocycles. The summed E-state index contributed by atoms with van der Waals surface area (Å²) in [5, 5.41) is 8.93. The third kappa shape index (κ3) is 5.28. The van der Waals surface area contributed by atoms with Crippen LogP contribution in [0, 0.1) is 0 Å². The summed E-state index contributed by atoms with van der Waals surface area (Å²) in [6.07, 6.45) is 5.75. The van der Waals surface area contributed by atoms with E-state index in [0.29, 0.717) is 25.1 Å². The number of ether oxygens (including phenoxy) is 2. The van der Waals surface area contributed by atoms with E-state index in [0.717, 1.165) is 41.1 Å². The van der Waals surface area contributed by atoms with Crippen molar-refractivity contribution in [1.29, 1.82) is 0 Å². The number of methoxy groups -OCH3 is 1. The summed E-state index contributed by atoms with van der Waals surface area (Å²) in [6.45, 7) is 1.85. The van der Waals surface area contributed by atoms with Gasteiger partial charge in [0.15, 0.2) is 11.5 Å². The highest BCUT2D eigenvalue weighted by Crippen LogP contribution is 2.33. The molecular weight excluding hydrogens is 406 g/mol. The molecule has 0 atom stereocenters. The number of anilines is 1. The fraction of sp³-hybridized carbons (Fsp3) is 0.400. The van der Waals surface area contributed by atoms with E-state index in [4.69, 9.17) is 9.47 Å². The van der Waals surface area contributed by atoms with Gasteiger partial charge < -0.3 is 14.8 Å². The third-order valence-corrected chi connectivity index (χ3v) is 5.80. The summed E-state index contributed by atoms with van der Waals surface area (Å²) in [5.74, 6) is 1.32. The Balaban J connectivity index is 1.52. The van der Waals surface area contributed by atoms with Crippen LogP contribution in [0.4, 0.5) is 5.69 Å². The highest BCUT2D eigenvalue weighted by atomic mass is 16.5. The first kappa shape index (κ1) is 21.9. The van der Waals surface area contributed by atoms with Gasteiger partial charge in [-0.15, -0.1) is 0 Å². The second-order valence-corrected chi connectivity index (χ2v) is 8.27. The van der Waals surface area contributed by atoms with Crippen molar-refractivity contribution in [3.8, 4) is 11.5 Å². The molecule has 1 N–H and O–H groups in total. The molecule has 2 aromatic carbocycles. The highest BCUT2D eigenvalue weighted by molar-refractivity contribution is 6.04. The maximum Gasteiger partial charge on any atom is 0.243 e. The smallest absolute Gasteiger partial charge is 0.243 e. The summed E-state index contributed by atoms with van der Waals surface area (Å²) in [6, 6.07) is 13.3. The third-order valence-electron chi connectivity index (χ3n) is 5.80. The Morgan fingerprint density at radius 3 is 2.53 bits per heavy atom. The number of hydrogen-bond donors (Lipinski definition) is 1. The van der Waals surface area contributed by atoms with Crippen molar-refractivity contribution in [2.75, 3.05) is 12.4 Å². The predicted molar refractivity (Wildman–Crippen MR) is 123 cm³/mol. The second kappa shape index (κ2) is 9.85. The zero-order chi connectivity index (χ0) is 22.5. The van der Waals surface area contributed by atoms with Crippen molar-refractivity contribution < 1.29 is 19.1 Å². The molecule has 168 valence electrons. The molecule has 0 radical (unpaired) electrons. The van der Waals surface area contributed by atoms with E-state index < -0.39 is 0 Å². The maximum absolute atomic E-state index is 12.5. The van der Waals surface area contributed by atoms with Crippen LogP contribution in [0.15, 0.2) is 47.6 Å². The number of amides is 2. The van der Waals surface area contributed by atoms with E-state index in [1.54, 1.807) is 7.11 Å². The number of benzene rings is 2.